The number of ether oxygens (including phenoxy) is 2. The first kappa shape index (κ1) is 21.4. The van der Waals surface area contributed by atoms with Crippen LogP contribution in [-0.2, 0) is 0 Å². The van der Waals surface area contributed by atoms with E-state index in [0.29, 0.717) is 27.6 Å². The maximum atomic E-state index is 12.2. The fourth-order valence-electron chi connectivity index (χ4n) is 2.50. The van der Waals surface area contributed by atoms with Gasteiger partial charge in [0.05, 0.1) is 29.5 Å². The molecular weight excluding hydrogens is 427 g/mol. The van der Waals surface area contributed by atoms with E-state index >= 15 is 0 Å². The van der Waals surface area contributed by atoms with Crippen molar-refractivity contribution in [1.29, 1.82) is 0 Å². The molecule has 0 aromatic heterocycles. The summed E-state index contributed by atoms with van der Waals surface area (Å²) in [6.45, 7) is 0. The van der Waals surface area contributed by atoms with E-state index in [1.165, 1.54) is 25.5 Å². The normalized spacial score (nSPS) is 10.6. The van der Waals surface area contributed by atoms with Crippen molar-refractivity contribution in [1.82, 2.24) is 5.43 Å². The van der Waals surface area contributed by atoms with Gasteiger partial charge in [0.1, 0.15) is 11.5 Å². The maximum absolute atomic E-state index is 12.2. The molecule has 6 nitrogen and oxygen atoms in total. The van der Waals surface area contributed by atoms with E-state index in [0.717, 1.165) is 0 Å². The van der Waals surface area contributed by atoms with Crippen molar-refractivity contribution >= 4 is 41.3 Å². The summed E-state index contributed by atoms with van der Waals surface area (Å²) in [6, 6.07) is 17.9. The number of para-hydroxylation sites is 1. The van der Waals surface area contributed by atoms with Crippen LogP contribution < -0.4 is 14.9 Å². The fourth-order valence-corrected chi connectivity index (χ4v) is 2.98. The number of esters is 1. The zero-order valence-corrected chi connectivity index (χ0v) is 17.3. The topological polar surface area (TPSA) is 77.0 Å². The number of nitrogens with one attached hydrogen (secondary N) is 1. The minimum absolute atomic E-state index is 0.210. The molecule has 0 heterocycles. The van der Waals surface area contributed by atoms with E-state index in [1.807, 2.05) is 0 Å². The second kappa shape index (κ2) is 9.91. The largest absolute Gasteiger partial charge is 0.496 e. The minimum atomic E-state index is -0.595. The zero-order chi connectivity index (χ0) is 21.5. The van der Waals surface area contributed by atoms with Crippen molar-refractivity contribution in [2.24, 2.45) is 5.10 Å². The van der Waals surface area contributed by atoms with Crippen LogP contribution in [0.15, 0.2) is 71.8 Å². The number of benzene rings is 3. The van der Waals surface area contributed by atoms with Crippen molar-refractivity contribution in [3.8, 4) is 11.5 Å². The number of methoxy groups -OCH3 is 1. The third kappa shape index (κ3) is 5.37. The van der Waals surface area contributed by atoms with Gasteiger partial charge in [-0.1, -0.05) is 35.3 Å². The number of hydrogen-bond acceptors (Lipinski definition) is 5. The second-order valence-electron chi connectivity index (χ2n) is 5.98. The van der Waals surface area contributed by atoms with Gasteiger partial charge in [0.25, 0.3) is 5.91 Å². The Labute approximate surface area is 183 Å². The Kier molecular flexibility index (Phi) is 7.06. The molecule has 0 fully saturated rings. The van der Waals surface area contributed by atoms with Gasteiger partial charge in [0.2, 0.25) is 0 Å². The number of hydrazone groups is 1. The first-order valence-electron chi connectivity index (χ1n) is 8.71. The lowest BCUT2D eigenvalue weighted by atomic mass is 10.2. The fraction of sp³-hybridized carbons (Fsp3) is 0.0455. The van der Waals surface area contributed by atoms with Crippen LogP contribution in [0.1, 0.15) is 26.3 Å². The lowest BCUT2D eigenvalue weighted by Gasteiger charge is -2.07. The summed E-state index contributed by atoms with van der Waals surface area (Å²) in [4.78, 5) is 24.4. The molecule has 152 valence electrons. The van der Waals surface area contributed by atoms with E-state index in [2.05, 4.69) is 10.5 Å². The summed E-state index contributed by atoms with van der Waals surface area (Å²) in [6.07, 6.45) is 1.47. The molecule has 1 N–H and O–H groups in total. The predicted octanol–water partition coefficient (Wildman–Crippen LogP) is 4.99. The molecule has 0 aliphatic carbocycles. The first-order chi connectivity index (χ1) is 14.5. The smallest absolute Gasteiger partial charge is 0.345 e. The quantitative estimate of drug-likeness (QED) is 0.252. The monoisotopic (exact) mass is 442 g/mol. The van der Waals surface area contributed by atoms with Gasteiger partial charge in [-0.05, 0) is 60.2 Å². The Bertz CT molecular complexity index is 1100. The van der Waals surface area contributed by atoms with Crippen LogP contribution >= 0.6 is 23.2 Å². The molecule has 3 aromatic rings. The van der Waals surface area contributed by atoms with Crippen molar-refractivity contribution in [2.45, 2.75) is 0 Å². The summed E-state index contributed by atoms with van der Waals surface area (Å²) in [7, 11) is 1.49. The third-order valence-electron chi connectivity index (χ3n) is 3.97. The van der Waals surface area contributed by atoms with Gasteiger partial charge in [0, 0.05) is 5.02 Å². The molecule has 0 saturated heterocycles. The molecule has 0 radical (unpaired) electrons. The van der Waals surface area contributed by atoms with Crippen molar-refractivity contribution in [2.75, 3.05) is 7.11 Å². The second-order valence-corrected chi connectivity index (χ2v) is 6.83. The standard InChI is InChI=1S/C22H16Cl2N2O4/c1-29-20-5-3-2-4-18(20)21(27)26-25-13-14-6-9-16(10-7-14)30-22(28)17-11-8-15(23)12-19(17)24/h2-13H,1H3,(H,26,27)/b25-13-. The molecule has 0 spiro atoms. The molecule has 0 atom stereocenters. The highest BCUT2D eigenvalue weighted by Gasteiger charge is 2.13. The van der Waals surface area contributed by atoms with Crippen molar-refractivity contribution in [3.05, 3.63) is 93.5 Å². The highest BCUT2D eigenvalue weighted by Crippen LogP contribution is 2.23. The molecule has 0 unspecified atom stereocenters. The van der Waals surface area contributed by atoms with Gasteiger partial charge in [-0.3, -0.25) is 4.79 Å². The van der Waals surface area contributed by atoms with Gasteiger partial charge in [-0.25, -0.2) is 10.2 Å². The Morgan fingerprint density at radius 1 is 0.967 bits per heavy atom. The minimum Gasteiger partial charge on any atom is -0.496 e. The van der Waals surface area contributed by atoms with Crippen LogP contribution in [0.3, 0.4) is 0 Å². The van der Waals surface area contributed by atoms with Gasteiger partial charge >= 0.3 is 5.97 Å². The van der Waals surface area contributed by atoms with E-state index < -0.39 is 11.9 Å². The highest BCUT2D eigenvalue weighted by atomic mass is 35.5. The molecule has 0 bridgehead atoms. The molecule has 0 saturated carbocycles. The lowest BCUT2D eigenvalue weighted by Crippen LogP contribution is -2.18. The molecule has 8 heteroatoms. The number of hydrogen-bond donors (Lipinski definition) is 1. The molecule has 3 aromatic carbocycles. The number of carbonyl (C=O) groups excluding carboxylic acids is 2. The first-order valence-corrected chi connectivity index (χ1v) is 9.47. The van der Waals surface area contributed by atoms with E-state index in [1.54, 1.807) is 54.6 Å². The molecule has 3 rings (SSSR count). The summed E-state index contributed by atoms with van der Waals surface area (Å²) in [5.74, 6) is -0.199. The number of halogens is 2. The van der Waals surface area contributed by atoms with Crippen molar-refractivity contribution < 1.29 is 19.1 Å². The molecular formula is C22H16Cl2N2O4. The summed E-state index contributed by atoms with van der Waals surface area (Å²) in [5, 5.41) is 4.57. The Hall–Kier alpha value is -3.35. The Morgan fingerprint density at radius 2 is 1.70 bits per heavy atom. The maximum Gasteiger partial charge on any atom is 0.345 e. The predicted molar refractivity (Wildman–Crippen MR) is 116 cm³/mol. The van der Waals surface area contributed by atoms with E-state index in [4.69, 9.17) is 32.7 Å². The van der Waals surface area contributed by atoms with Crippen LogP contribution in [0.2, 0.25) is 10.0 Å². The lowest BCUT2D eigenvalue weighted by molar-refractivity contribution is 0.0734. The van der Waals surface area contributed by atoms with Gasteiger partial charge in [-0.15, -0.1) is 0 Å². The third-order valence-corrected chi connectivity index (χ3v) is 4.52. The highest BCUT2D eigenvalue weighted by molar-refractivity contribution is 6.36. The average Bonchev–Trinajstić information content (AvgIpc) is 2.74. The van der Waals surface area contributed by atoms with Gasteiger partial charge in [-0.2, -0.15) is 5.10 Å². The molecule has 0 aliphatic rings. The summed E-state index contributed by atoms with van der Waals surface area (Å²) < 4.78 is 10.5. The number of rotatable bonds is 6. The Balaban J connectivity index is 1.60. The van der Waals surface area contributed by atoms with Crippen LogP contribution in [0.25, 0.3) is 0 Å². The average molecular weight is 443 g/mol. The van der Waals surface area contributed by atoms with E-state index in [-0.39, 0.29) is 10.6 Å². The Morgan fingerprint density at radius 3 is 2.40 bits per heavy atom. The SMILES string of the molecule is COc1ccccc1C(=O)N/N=C\c1ccc(OC(=O)c2ccc(Cl)cc2Cl)cc1. The van der Waals surface area contributed by atoms with E-state index in [9.17, 15) is 9.59 Å². The van der Waals surface area contributed by atoms with Crippen LogP contribution in [0.4, 0.5) is 0 Å². The number of nitrogens with zero attached hydrogens (tertiary/aromatic N) is 1. The summed E-state index contributed by atoms with van der Waals surface area (Å²) >= 11 is 11.8. The number of amides is 1. The van der Waals surface area contributed by atoms with Crippen molar-refractivity contribution in [3.63, 3.8) is 0 Å². The summed E-state index contributed by atoms with van der Waals surface area (Å²) in [5.41, 5.74) is 3.72. The zero-order valence-electron chi connectivity index (χ0n) is 15.8. The van der Waals surface area contributed by atoms with Crippen LogP contribution in [0.5, 0.6) is 11.5 Å². The van der Waals surface area contributed by atoms with Crippen LogP contribution in [-0.4, -0.2) is 25.2 Å². The van der Waals surface area contributed by atoms with Crippen LogP contribution in [0, 0.1) is 0 Å². The molecule has 30 heavy (non-hydrogen) atoms. The van der Waals surface area contributed by atoms with Gasteiger partial charge < -0.3 is 9.47 Å². The molecule has 0 aliphatic heterocycles. The number of carbonyl (C=O) groups is 2. The molecule has 1 amide bonds. The van der Waals surface area contributed by atoms with Gasteiger partial charge in [0.15, 0.2) is 0 Å².